The predicted molar refractivity (Wildman–Crippen MR) is 51.9 cm³/mol. The molecule has 0 amide bonds. The topological polar surface area (TPSA) is 26.3 Å². The Morgan fingerprint density at radius 1 is 1.64 bits per heavy atom. The van der Waals surface area contributed by atoms with E-state index in [-0.39, 0.29) is 17.2 Å². The number of benzene rings is 1. The highest BCUT2D eigenvalue weighted by molar-refractivity contribution is 6.30. The second kappa shape index (κ2) is 4.77. The zero-order valence-corrected chi connectivity index (χ0v) is 8.05. The molecule has 4 heteroatoms. The Morgan fingerprint density at radius 3 is 3.00 bits per heavy atom. The molecule has 0 radical (unpaired) electrons. The normalized spacial score (nSPS) is 9.57. The lowest BCUT2D eigenvalue weighted by Gasteiger charge is -2.04. The number of esters is 1. The molecule has 0 heterocycles. The molecule has 0 N–H and O–H groups in total. The molecule has 0 aliphatic rings. The van der Waals surface area contributed by atoms with E-state index in [9.17, 15) is 9.18 Å². The Balaban J connectivity index is 2.81. The summed E-state index contributed by atoms with van der Waals surface area (Å²) in [6.45, 7) is 3.36. The van der Waals surface area contributed by atoms with Crippen LogP contribution in [0, 0.1) is 5.82 Å². The van der Waals surface area contributed by atoms with E-state index in [0.29, 0.717) is 0 Å². The number of halogens is 2. The maximum Gasteiger partial charge on any atom is 0.315 e. The first kappa shape index (κ1) is 10.7. The van der Waals surface area contributed by atoms with E-state index in [1.54, 1.807) is 0 Å². The summed E-state index contributed by atoms with van der Waals surface area (Å²) in [6.07, 6.45) is 1.41. The van der Waals surface area contributed by atoms with Crippen LogP contribution in [0.5, 0.6) is 5.75 Å². The minimum absolute atomic E-state index is 0.0337. The van der Waals surface area contributed by atoms with Crippen LogP contribution >= 0.6 is 11.6 Å². The Morgan fingerprint density at radius 2 is 2.36 bits per heavy atom. The van der Waals surface area contributed by atoms with Crippen molar-refractivity contribution in [3.8, 4) is 5.75 Å². The molecular weight excluding hydrogens is 207 g/mol. The van der Waals surface area contributed by atoms with Crippen LogP contribution < -0.4 is 4.74 Å². The summed E-state index contributed by atoms with van der Waals surface area (Å²) in [5.74, 6) is -1.46. The van der Waals surface area contributed by atoms with Crippen LogP contribution in [0.1, 0.15) is 6.42 Å². The van der Waals surface area contributed by atoms with Gasteiger partial charge in [-0.1, -0.05) is 23.7 Å². The maximum absolute atomic E-state index is 13.2. The average Bonchev–Trinajstić information content (AvgIpc) is 2.13. The fraction of sp³-hybridized carbons (Fsp3) is 0.100. The van der Waals surface area contributed by atoms with Gasteiger partial charge in [-0.2, -0.15) is 0 Å². The molecule has 1 aromatic carbocycles. The second-order valence-corrected chi connectivity index (χ2v) is 2.93. The van der Waals surface area contributed by atoms with Crippen molar-refractivity contribution in [1.82, 2.24) is 0 Å². The molecule has 2 nitrogen and oxygen atoms in total. The molecule has 0 aromatic heterocycles. The molecule has 1 aromatic rings. The van der Waals surface area contributed by atoms with E-state index >= 15 is 0 Å². The Hall–Kier alpha value is -1.35. The van der Waals surface area contributed by atoms with Gasteiger partial charge in [-0.05, 0) is 12.1 Å². The average molecular weight is 215 g/mol. The molecule has 0 aliphatic heterocycles. The van der Waals surface area contributed by atoms with Gasteiger partial charge in [0.05, 0.1) is 11.4 Å². The highest BCUT2D eigenvalue weighted by Gasteiger charge is 2.10. The van der Waals surface area contributed by atoms with Gasteiger partial charge in [0.1, 0.15) is 0 Å². The summed E-state index contributed by atoms with van der Waals surface area (Å²) in [5, 5.41) is -0.0751. The summed E-state index contributed by atoms with van der Waals surface area (Å²) in [4.78, 5) is 11.0. The van der Waals surface area contributed by atoms with Crippen LogP contribution in [0.25, 0.3) is 0 Å². The van der Waals surface area contributed by atoms with E-state index in [0.717, 1.165) is 0 Å². The number of hydrogen-bond acceptors (Lipinski definition) is 2. The Labute approximate surface area is 85.9 Å². The first-order valence-corrected chi connectivity index (χ1v) is 4.28. The zero-order chi connectivity index (χ0) is 10.6. The second-order valence-electron chi connectivity index (χ2n) is 2.52. The van der Waals surface area contributed by atoms with E-state index in [2.05, 4.69) is 6.58 Å². The van der Waals surface area contributed by atoms with Gasteiger partial charge in [0.2, 0.25) is 0 Å². The van der Waals surface area contributed by atoms with Gasteiger partial charge < -0.3 is 4.74 Å². The van der Waals surface area contributed by atoms with Crippen LogP contribution in [0.2, 0.25) is 5.02 Å². The number of carbonyl (C=O) groups excluding carboxylic acids is 1. The third-order valence-corrected chi connectivity index (χ3v) is 1.74. The molecule has 74 valence electrons. The van der Waals surface area contributed by atoms with Gasteiger partial charge in [-0.3, -0.25) is 4.79 Å². The summed E-state index contributed by atoms with van der Waals surface area (Å²) >= 11 is 5.49. The van der Waals surface area contributed by atoms with Crippen molar-refractivity contribution in [2.24, 2.45) is 0 Å². The first-order valence-electron chi connectivity index (χ1n) is 3.90. The van der Waals surface area contributed by atoms with Crippen LogP contribution in [0.15, 0.2) is 30.9 Å². The SMILES string of the molecule is C=CCC(=O)Oc1cccc(Cl)c1F. The minimum Gasteiger partial charge on any atom is -0.423 e. The maximum atomic E-state index is 13.2. The molecule has 0 bridgehead atoms. The number of carbonyl (C=O) groups is 1. The van der Waals surface area contributed by atoms with Crippen molar-refractivity contribution >= 4 is 17.6 Å². The third-order valence-electron chi connectivity index (χ3n) is 1.45. The summed E-state index contributed by atoms with van der Waals surface area (Å²) in [5.41, 5.74) is 0. The van der Waals surface area contributed by atoms with Crippen LogP contribution in [-0.2, 0) is 4.79 Å². The van der Waals surface area contributed by atoms with Crippen molar-refractivity contribution in [2.75, 3.05) is 0 Å². The standard InChI is InChI=1S/C10H8ClFO2/c1-2-4-9(13)14-8-6-3-5-7(11)10(8)12/h2-3,5-6H,1,4H2. The summed E-state index contributed by atoms with van der Waals surface area (Å²) in [6, 6.07) is 4.21. The highest BCUT2D eigenvalue weighted by atomic mass is 35.5. The fourth-order valence-corrected chi connectivity index (χ4v) is 1.01. The largest absolute Gasteiger partial charge is 0.423 e. The van der Waals surface area contributed by atoms with E-state index in [1.165, 1.54) is 24.3 Å². The predicted octanol–water partition coefficient (Wildman–Crippen LogP) is 2.96. The van der Waals surface area contributed by atoms with Gasteiger partial charge in [-0.15, -0.1) is 6.58 Å². The molecule has 0 aliphatic carbocycles. The zero-order valence-electron chi connectivity index (χ0n) is 7.30. The molecule has 0 saturated heterocycles. The molecule has 0 fully saturated rings. The number of ether oxygens (including phenoxy) is 1. The van der Waals surface area contributed by atoms with Gasteiger partial charge in [0.25, 0.3) is 0 Å². The van der Waals surface area contributed by atoms with Gasteiger partial charge in [-0.25, -0.2) is 4.39 Å². The van der Waals surface area contributed by atoms with Crippen LogP contribution in [0.4, 0.5) is 4.39 Å². The number of rotatable bonds is 3. The third kappa shape index (κ3) is 2.57. The van der Waals surface area contributed by atoms with Crippen molar-refractivity contribution < 1.29 is 13.9 Å². The van der Waals surface area contributed by atoms with Crippen LogP contribution in [0.3, 0.4) is 0 Å². The van der Waals surface area contributed by atoms with Crippen LogP contribution in [-0.4, -0.2) is 5.97 Å². The van der Waals surface area contributed by atoms with Gasteiger partial charge >= 0.3 is 5.97 Å². The number of hydrogen-bond donors (Lipinski definition) is 0. The molecule has 0 unspecified atom stereocenters. The quantitative estimate of drug-likeness (QED) is 0.439. The molecule has 0 atom stereocenters. The summed E-state index contributed by atoms with van der Waals surface area (Å²) in [7, 11) is 0. The fourth-order valence-electron chi connectivity index (χ4n) is 0.845. The molecule has 1 rings (SSSR count). The van der Waals surface area contributed by atoms with Crippen molar-refractivity contribution in [3.63, 3.8) is 0 Å². The van der Waals surface area contributed by atoms with Crippen molar-refractivity contribution in [1.29, 1.82) is 0 Å². The van der Waals surface area contributed by atoms with Gasteiger partial charge in [0, 0.05) is 0 Å². The lowest BCUT2D eigenvalue weighted by atomic mass is 10.3. The summed E-state index contributed by atoms with van der Waals surface area (Å²) < 4.78 is 17.9. The van der Waals surface area contributed by atoms with Crippen molar-refractivity contribution in [3.05, 3.63) is 41.7 Å². The highest BCUT2D eigenvalue weighted by Crippen LogP contribution is 2.24. The van der Waals surface area contributed by atoms with E-state index in [4.69, 9.17) is 16.3 Å². The lowest BCUT2D eigenvalue weighted by molar-refractivity contribution is -0.133. The first-order chi connectivity index (χ1) is 6.65. The lowest BCUT2D eigenvalue weighted by Crippen LogP contribution is -2.07. The van der Waals surface area contributed by atoms with E-state index < -0.39 is 11.8 Å². The van der Waals surface area contributed by atoms with E-state index in [1.807, 2.05) is 0 Å². The monoisotopic (exact) mass is 214 g/mol. The molecule has 14 heavy (non-hydrogen) atoms. The van der Waals surface area contributed by atoms with Gasteiger partial charge in [0.15, 0.2) is 11.6 Å². The minimum atomic E-state index is -0.730. The Bertz CT molecular complexity index is 363. The molecule has 0 saturated carbocycles. The molecular formula is C10H8ClFO2. The van der Waals surface area contributed by atoms with Crippen molar-refractivity contribution in [2.45, 2.75) is 6.42 Å². The Kier molecular flexibility index (Phi) is 3.65. The smallest absolute Gasteiger partial charge is 0.315 e. The molecule has 0 spiro atoms.